The maximum atomic E-state index is 13.9. The first-order valence-electron chi connectivity index (χ1n) is 8.54. The molecule has 0 bridgehead atoms. The van der Waals surface area contributed by atoms with Crippen LogP contribution < -0.4 is 4.90 Å². The average molecular weight is 417 g/mol. The predicted molar refractivity (Wildman–Crippen MR) is 97.8 cm³/mol. The van der Waals surface area contributed by atoms with E-state index in [0.717, 1.165) is 24.4 Å². The molecule has 0 amide bonds. The van der Waals surface area contributed by atoms with E-state index in [0.29, 0.717) is 24.1 Å². The number of rotatable bonds is 6. The number of nitrogens with one attached hydrogen (secondary N) is 1. The lowest BCUT2D eigenvalue weighted by Crippen LogP contribution is -3.15. The Morgan fingerprint density at radius 1 is 1.00 bits per heavy atom. The van der Waals surface area contributed by atoms with Gasteiger partial charge in [-0.3, -0.25) is 0 Å². The van der Waals surface area contributed by atoms with Gasteiger partial charge in [0.1, 0.15) is 22.3 Å². The van der Waals surface area contributed by atoms with Crippen LogP contribution in [-0.2, 0) is 10.0 Å². The van der Waals surface area contributed by atoms with E-state index in [1.54, 1.807) is 18.2 Å². The van der Waals surface area contributed by atoms with E-state index in [1.165, 1.54) is 27.0 Å². The van der Waals surface area contributed by atoms with Gasteiger partial charge in [0, 0.05) is 16.7 Å². The summed E-state index contributed by atoms with van der Waals surface area (Å²) in [5.41, 5.74) is 0. The molecule has 1 aliphatic rings. The van der Waals surface area contributed by atoms with Gasteiger partial charge in [-0.15, -0.1) is 11.8 Å². The normalized spacial score (nSPS) is 16.6. The second-order valence-corrected chi connectivity index (χ2v) is 9.30. The molecule has 0 atom stereocenters. The second-order valence-electron chi connectivity index (χ2n) is 6.26. The first kappa shape index (κ1) is 20.2. The van der Waals surface area contributed by atoms with Gasteiger partial charge in [-0.25, -0.2) is 21.6 Å². The molecule has 9 heteroatoms. The number of hydrogen-bond donors (Lipinski definition) is 1. The van der Waals surface area contributed by atoms with Crippen molar-refractivity contribution in [3.8, 4) is 0 Å². The maximum absolute atomic E-state index is 13.9. The Bertz CT molecular complexity index is 901. The summed E-state index contributed by atoms with van der Waals surface area (Å²) in [6.07, 6.45) is 0. The standard InChI is InChI=1S/C18H19F3N2O2S2/c19-14-5-6-18(16(21)13-14)27(24,25)23-9-7-22(8-10-23)11-12-26-17-4-2-1-3-15(17)20/h1-6,13H,7-12H2/p+1. The van der Waals surface area contributed by atoms with Gasteiger partial charge in [-0.05, 0) is 24.3 Å². The molecule has 3 rings (SSSR count). The fourth-order valence-electron chi connectivity index (χ4n) is 2.98. The Kier molecular flexibility index (Phi) is 6.46. The molecule has 1 saturated heterocycles. The molecular formula is C18H20F3N2O2S2+. The fraction of sp³-hybridized carbons (Fsp3) is 0.333. The SMILES string of the molecule is O=S(=O)(c1ccc(F)cc1F)N1CC[NH+](CCSc2ccccc2F)CC1. The van der Waals surface area contributed by atoms with Crippen molar-refractivity contribution in [2.24, 2.45) is 0 Å². The molecule has 27 heavy (non-hydrogen) atoms. The van der Waals surface area contributed by atoms with Gasteiger partial charge in [-0.2, -0.15) is 4.31 Å². The van der Waals surface area contributed by atoms with Gasteiger partial charge >= 0.3 is 0 Å². The fourth-order valence-corrected chi connectivity index (χ4v) is 5.46. The molecule has 1 aliphatic heterocycles. The minimum atomic E-state index is -3.98. The zero-order valence-electron chi connectivity index (χ0n) is 14.5. The number of sulfonamides is 1. The molecule has 0 unspecified atom stereocenters. The van der Waals surface area contributed by atoms with Gasteiger partial charge in [0.05, 0.1) is 32.7 Å². The summed E-state index contributed by atoms with van der Waals surface area (Å²) in [4.78, 5) is 1.32. The maximum Gasteiger partial charge on any atom is 0.246 e. The van der Waals surface area contributed by atoms with Gasteiger partial charge in [-0.1, -0.05) is 12.1 Å². The van der Waals surface area contributed by atoms with E-state index < -0.39 is 26.6 Å². The number of hydrogen-bond acceptors (Lipinski definition) is 3. The van der Waals surface area contributed by atoms with Gasteiger partial charge in [0.2, 0.25) is 10.0 Å². The summed E-state index contributed by atoms with van der Waals surface area (Å²) in [7, 11) is -3.98. The third-order valence-corrected chi connectivity index (χ3v) is 7.47. The summed E-state index contributed by atoms with van der Waals surface area (Å²) < 4.78 is 66.8. The molecule has 1 heterocycles. The van der Waals surface area contributed by atoms with Crippen LogP contribution in [0.4, 0.5) is 13.2 Å². The first-order valence-corrected chi connectivity index (χ1v) is 11.0. The average Bonchev–Trinajstić information content (AvgIpc) is 2.63. The molecule has 0 saturated carbocycles. The number of nitrogens with zero attached hydrogens (tertiary/aromatic N) is 1. The van der Waals surface area contributed by atoms with Gasteiger partial charge < -0.3 is 4.90 Å². The molecule has 146 valence electrons. The molecule has 0 aliphatic carbocycles. The molecule has 4 nitrogen and oxygen atoms in total. The Hall–Kier alpha value is -1.55. The Labute approximate surface area is 161 Å². The number of halogens is 3. The molecule has 1 N–H and O–H groups in total. The number of thioether (sulfide) groups is 1. The van der Waals surface area contributed by atoms with Crippen LogP contribution in [0.1, 0.15) is 0 Å². The largest absolute Gasteiger partial charge is 0.332 e. The van der Waals surface area contributed by atoms with Gasteiger partial charge in [0.25, 0.3) is 0 Å². The zero-order chi connectivity index (χ0) is 19.4. The van der Waals surface area contributed by atoms with E-state index in [-0.39, 0.29) is 18.9 Å². The number of benzene rings is 2. The molecule has 0 radical (unpaired) electrons. The minimum Gasteiger partial charge on any atom is -0.332 e. The number of quaternary nitrogens is 1. The summed E-state index contributed by atoms with van der Waals surface area (Å²) >= 11 is 1.43. The van der Waals surface area contributed by atoms with Crippen molar-refractivity contribution in [1.82, 2.24) is 4.31 Å². The second kappa shape index (κ2) is 8.64. The highest BCUT2D eigenvalue weighted by Gasteiger charge is 2.32. The van der Waals surface area contributed by atoms with E-state index in [1.807, 2.05) is 0 Å². The number of piperazine rings is 1. The van der Waals surface area contributed by atoms with Crippen LogP contribution in [0.3, 0.4) is 0 Å². The first-order chi connectivity index (χ1) is 12.9. The van der Waals surface area contributed by atoms with Crippen LogP contribution in [0.2, 0.25) is 0 Å². The molecule has 0 spiro atoms. The van der Waals surface area contributed by atoms with Crippen molar-refractivity contribution in [2.45, 2.75) is 9.79 Å². The highest BCUT2D eigenvalue weighted by atomic mass is 32.2. The van der Waals surface area contributed by atoms with E-state index in [4.69, 9.17) is 0 Å². The zero-order valence-corrected chi connectivity index (χ0v) is 16.1. The predicted octanol–water partition coefficient (Wildman–Crippen LogP) is 1.79. The van der Waals surface area contributed by atoms with Crippen LogP contribution in [0, 0.1) is 17.5 Å². The van der Waals surface area contributed by atoms with Crippen LogP contribution in [0.15, 0.2) is 52.3 Å². The van der Waals surface area contributed by atoms with Crippen molar-refractivity contribution in [2.75, 3.05) is 38.5 Å². The van der Waals surface area contributed by atoms with Crippen molar-refractivity contribution < 1.29 is 26.5 Å². The third kappa shape index (κ3) is 4.84. The smallest absolute Gasteiger partial charge is 0.246 e. The van der Waals surface area contributed by atoms with Crippen molar-refractivity contribution >= 4 is 21.8 Å². The summed E-state index contributed by atoms with van der Waals surface area (Å²) in [6.45, 7) is 2.47. The van der Waals surface area contributed by atoms with Crippen LogP contribution in [-0.4, -0.2) is 51.2 Å². The van der Waals surface area contributed by atoms with E-state index >= 15 is 0 Å². The third-order valence-electron chi connectivity index (χ3n) is 4.49. The van der Waals surface area contributed by atoms with Crippen LogP contribution in [0.25, 0.3) is 0 Å². The van der Waals surface area contributed by atoms with E-state index in [9.17, 15) is 21.6 Å². The molecular weight excluding hydrogens is 397 g/mol. The summed E-state index contributed by atoms with van der Waals surface area (Å²) in [5, 5.41) is 0. The van der Waals surface area contributed by atoms with Gasteiger partial charge in [0.15, 0.2) is 0 Å². The Morgan fingerprint density at radius 2 is 1.70 bits per heavy atom. The van der Waals surface area contributed by atoms with Crippen molar-refractivity contribution in [3.05, 3.63) is 59.9 Å². The Balaban J connectivity index is 1.53. The van der Waals surface area contributed by atoms with Crippen molar-refractivity contribution in [1.29, 1.82) is 0 Å². The Morgan fingerprint density at radius 3 is 2.37 bits per heavy atom. The van der Waals surface area contributed by atoms with Crippen LogP contribution in [0.5, 0.6) is 0 Å². The quantitative estimate of drug-likeness (QED) is 0.729. The molecule has 0 aromatic heterocycles. The van der Waals surface area contributed by atoms with E-state index in [2.05, 4.69) is 0 Å². The molecule has 2 aromatic carbocycles. The minimum absolute atomic E-state index is 0.241. The monoisotopic (exact) mass is 417 g/mol. The van der Waals surface area contributed by atoms with Crippen molar-refractivity contribution in [3.63, 3.8) is 0 Å². The molecule has 1 fully saturated rings. The summed E-state index contributed by atoms with van der Waals surface area (Å²) in [6, 6.07) is 9.07. The molecule has 2 aromatic rings. The highest BCUT2D eigenvalue weighted by molar-refractivity contribution is 7.99. The van der Waals surface area contributed by atoms with Crippen LogP contribution >= 0.6 is 11.8 Å². The topological polar surface area (TPSA) is 41.8 Å². The lowest BCUT2D eigenvalue weighted by molar-refractivity contribution is -0.901. The lowest BCUT2D eigenvalue weighted by atomic mass is 10.3. The summed E-state index contributed by atoms with van der Waals surface area (Å²) in [5.74, 6) is -1.41. The lowest BCUT2D eigenvalue weighted by Gasteiger charge is -2.31. The highest BCUT2D eigenvalue weighted by Crippen LogP contribution is 2.21.